The minimum Gasteiger partial charge on any atom is -0.326 e. The van der Waals surface area contributed by atoms with Crippen LogP contribution in [0.25, 0.3) is 0 Å². The van der Waals surface area contributed by atoms with Crippen LogP contribution in [0, 0.1) is 20.8 Å². The second-order valence-corrected chi connectivity index (χ2v) is 6.31. The van der Waals surface area contributed by atoms with Crippen molar-refractivity contribution < 1.29 is 14.2 Å². The van der Waals surface area contributed by atoms with Crippen molar-refractivity contribution >= 4 is 17.4 Å². The van der Waals surface area contributed by atoms with Gasteiger partial charge in [-0.15, -0.1) is 0 Å². The van der Waals surface area contributed by atoms with Gasteiger partial charge in [-0.3, -0.25) is 9.59 Å². The lowest BCUT2D eigenvalue weighted by atomic mass is 10.0. The summed E-state index contributed by atoms with van der Waals surface area (Å²) >= 11 is 0. The summed E-state index contributed by atoms with van der Waals surface area (Å²) in [5.74, 6) is 0.0702. The summed E-state index contributed by atoms with van der Waals surface area (Å²) in [4.78, 5) is 23.6. The first-order valence-corrected chi connectivity index (χ1v) is 8.24. The lowest BCUT2D eigenvalue weighted by Crippen LogP contribution is -2.34. The monoisotopic (exact) mass is 325 g/mol. The minimum absolute atomic E-state index is 0.0216. The predicted molar refractivity (Wildman–Crippen MR) is 95.2 cm³/mol. The summed E-state index contributed by atoms with van der Waals surface area (Å²) in [6, 6.07) is 7.81. The van der Waals surface area contributed by atoms with E-state index < -0.39 is 0 Å². The highest BCUT2D eigenvalue weighted by Crippen LogP contribution is 2.22. The summed E-state index contributed by atoms with van der Waals surface area (Å²) in [5, 5.41) is 3.02. The number of amides is 1. The molecule has 1 amide bonds. The maximum absolute atomic E-state index is 12.2. The van der Waals surface area contributed by atoms with E-state index in [0.29, 0.717) is 18.5 Å². The van der Waals surface area contributed by atoms with E-state index in [1.165, 1.54) is 5.56 Å². The topological polar surface area (TPSA) is 50.0 Å². The number of benzene rings is 1. The maximum Gasteiger partial charge on any atom is 0.224 e. The fourth-order valence-electron chi connectivity index (χ4n) is 2.87. The number of anilines is 1. The van der Waals surface area contributed by atoms with Gasteiger partial charge in [0.25, 0.3) is 0 Å². The molecule has 0 aliphatic carbocycles. The highest BCUT2D eigenvalue weighted by Gasteiger charge is 2.10. The Bertz CT molecular complexity index is 743. The number of aromatic nitrogens is 1. The molecule has 126 valence electrons. The molecular formula is C20H25N2O2+. The van der Waals surface area contributed by atoms with E-state index in [1.54, 1.807) is 13.0 Å². The first-order chi connectivity index (χ1) is 11.4. The van der Waals surface area contributed by atoms with Crippen LogP contribution in [0.2, 0.25) is 0 Å². The molecule has 2 aromatic rings. The molecule has 0 saturated carbocycles. The Labute approximate surface area is 143 Å². The number of ketones is 1. The van der Waals surface area contributed by atoms with Crippen LogP contribution in [0.3, 0.4) is 0 Å². The molecule has 4 nitrogen and oxygen atoms in total. The van der Waals surface area contributed by atoms with Crippen LogP contribution in [-0.2, 0) is 11.3 Å². The highest BCUT2D eigenvalue weighted by atomic mass is 16.1. The summed E-state index contributed by atoms with van der Waals surface area (Å²) in [6.45, 7) is 8.34. The Morgan fingerprint density at radius 3 is 2.42 bits per heavy atom. The molecule has 0 saturated heterocycles. The molecule has 0 radical (unpaired) electrons. The second kappa shape index (κ2) is 7.86. The van der Waals surface area contributed by atoms with Crippen LogP contribution in [0.1, 0.15) is 46.8 Å². The van der Waals surface area contributed by atoms with E-state index in [-0.39, 0.29) is 11.7 Å². The van der Waals surface area contributed by atoms with Crippen molar-refractivity contribution in [1.29, 1.82) is 0 Å². The number of rotatable bonds is 6. The van der Waals surface area contributed by atoms with Gasteiger partial charge in [0.15, 0.2) is 18.2 Å². The number of carbonyl (C=O) groups excluding carboxylic acids is 2. The van der Waals surface area contributed by atoms with Crippen molar-refractivity contribution in [2.45, 2.75) is 47.1 Å². The van der Waals surface area contributed by atoms with Crippen LogP contribution >= 0.6 is 0 Å². The van der Waals surface area contributed by atoms with Crippen molar-refractivity contribution in [3.63, 3.8) is 0 Å². The Morgan fingerprint density at radius 2 is 1.79 bits per heavy atom. The molecule has 1 N–H and O–H groups in total. The highest BCUT2D eigenvalue weighted by molar-refractivity contribution is 5.93. The van der Waals surface area contributed by atoms with Gasteiger partial charge in [-0.1, -0.05) is 17.7 Å². The number of aryl methyl sites for hydroxylation is 4. The van der Waals surface area contributed by atoms with E-state index in [9.17, 15) is 9.59 Å². The third-order valence-electron chi connectivity index (χ3n) is 4.03. The summed E-state index contributed by atoms with van der Waals surface area (Å²) in [7, 11) is 0. The molecule has 0 spiro atoms. The van der Waals surface area contributed by atoms with Crippen molar-refractivity contribution in [3.8, 4) is 0 Å². The van der Waals surface area contributed by atoms with E-state index in [1.807, 2.05) is 36.9 Å². The van der Waals surface area contributed by atoms with Crippen molar-refractivity contribution in [3.05, 3.63) is 58.9 Å². The zero-order valence-corrected chi connectivity index (χ0v) is 14.8. The SMILES string of the molecule is CC(=O)c1ccc[n+](CCCC(=O)Nc2c(C)cc(C)cc2C)c1. The molecule has 0 atom stereocenters. The molecule has 24 heavy (non-hydrogen) atoms. The Morgan fingerprint density at radius 1 is 1.12 bits per heavy atom. The maximum atomic E-state index is 12.2. The first kappa shape index (κ1) is 17.9. The number of Topliss-reactive ketones (excluding diaryl/α,β-unsaturated/α-hetero) is 1. The van der Waals surface area contributed by atoms with Crippen LogP contribution < -0.4 is 9.88 Å². The molecule has 0 unspecified atom stereocenters. The summed E-state index contributed by atoms with van der Waals surface area (Å²) in [6.07, 6.45) is 4.92. The van der Waals surface area contributed by atoms with Crippen LogP contribution in [0.5, 0.6) is 0 Å². The lowest BCUT2D eigenvalue weighted by Gasteiger charge is -2.12. The molecule has 0 fully saturated rings. The number of nitrogens with one attached hydrogen (secondary N) is 1. The van der Waals surface area contributed by atoms with Gasteiger partial charge < -0.3 is 5.32 Å². The van der Waals surface area contributed by atoms with E-state index in [2.05, 4.69) is 24.4 Å². The van der Waals surface area contributed by atoms with Crippen LogP contribution in [-0.4, -0.2) is 11.7 Å². The fourth-order valence-corrected chi connectivity index (χ4v) is 2.87. The Kier molecular flexibility index (Phi) is 5.85. The van der Waals surface area contributed by atoms with Gasteiger partial charge in [-0.05, 0) is 44.9 Å². The number of hydrogen-bond donors (Lipinski definition) is 1. The molecule has 0 bridgehead atoms. The average molecular weight is 325 g/mol. The summed E-state index contributed by atoms with van der Waals surface area (Å²) < 4.78 is 1.95. The van der Waals surface area contributed by atoms with Gasteiger partial charge in [0.1, 0.15) is 6.54 Å². The molecular weight excluding hydrogens is 300 g/mol. The molecule has 1 aromatic heterocycles. The zero-order chi connectivity index (χ0) is 17.7. The predicted octanol–water partition coefficient (Wildman–Crippen LogP) is 3.52. The summed E-state index contributed by atoms with van der Waals surface area (Å²) in [5.41, 5.74) is 4.98. The van der Waals surface area contributed by atoms with E-state index in [0.717, 1.165) is 23.2 Å². The molecule has 0 aliphatic heterocycles. The average Bonchev–Trinajstić information content (AvgIpc) is 2.51. The normalized spacial score (nSPS) is 10.5. The quantitative estimate of drug-likeness (QED) is 0.652. The third kappa shape index (κ3) is 4.75. The van der Waals surface area contributed by atoms with Crippen molar-refractivity contribution in [2.24, 2.45) is 0 Å². The van der Waals surface area contributed by atoms with Gasteiger partial charge in [-0.2, -0.15) is 0 Å². The van der Waals surface area contributed by atoms with E-state index in [4.69, 9.17) is 0 Å². The number of nitrogens with zero attached hydrogens (tertiary/aromatic N) is 1. The number of carbonyl (C=O) groups is 2. The molecule has 1 heterocycles. The first-order valence-electron chi connectivity index (χ1n) is 8.24. The van der Waals surface area contributed by atoms with E-state index >= 15 is 0 Å². The number of hydrogen-bond acceptors (Lipinski definition) is 2. The molecule has 2 rings (SSSR count). The van der Waals surface area contributed by atoms with Crippen LogP contribution in [0.15, 0.2) is 36.7 Å². The smallest absolute Gasteiger partial charge is 0.224 e. The second-order valence-electron chi connectivity index (χ2n) is 6.31. The molecule has 4 heteroatoms. The zero-order valence-electron chi connectivity index (χ0n) is 14.8. The largest absolute Gasteiger partial charge is 0.326 e. The minimum atomic E-state index is 0.0216. The van der Waals surface area contributed by atoms with Crippen molar-refractivity contribution in [2.75, 3.05) is 5.32 Å². The van der Waals surface area contributed by atoms with Gasteiger partial charge in [-0.25, -0.2) is 4.57 Å². The molecule has 0 aliphatic rings. The standard InChI is InChI=1S/C20H24N2O2/c1-14-11-15(2)20(16(3)12-14)21-19(24)8-6-10-22-9-5-7-18(13-22)17(4)23/h5,7,9,11-13H,6,8,10H2,1-4H3/p+1. The Hall–Kier alpha value is -2.49. The van der Waals surface area contributed by atoms with Gasteiger partial charge in [0, 0.05) is 24.6 Å². The third-order valence-corrected chi connectivity index (χ3v) is 4.03. The Balaban J connectivity index is 1.90. The molecule has 1 aromatic carbocycles. The van der Waals surface area contributed by atoms with Crippen molar-refractivity contribution in [1.82, 2.24) is 0 Å². The lowest BCUT2D eigenvalue weighted by molar-refractivity contribution is -0.697. The van der Waals surface area contributed by atoms with Gasteiger partial charge in [0.2, 0.25) is 5.91 Å². The van der Waals surface area contributed by atoms with Crippen LogP contribution in [0.4, 0.5) is 5.69 Å². The number of pyridine rings is 1. The van der Waals surface area contributed by atoms with Gasteiger partial charge >= 0.3 is 0 Å². The fraction of sp³-hybridized carbons (Fsp3) is 0.350. The van der Waals surface area contributed by atoms with Gasteiger partial charge in [0.05, 0.1) is 5.56 Å².